The van der Waals surface area contributed by atoms with Gasteiger partial charge in [0, 0.05) is 44.0 Å². The third-order valence-electron chi connectivity index (χ3n) is 6.48. The molecule has 5 aromatic rings. The predicted molar refractivity (Wildman–Crippen MR) is 128 cm³/mol. The van der Waals surface area contributed by atoms with Crippen LogP contribution in [0.1, 0.15) is 24.2 Å². The molecule has 0 aliphatic carbocycles. The lowest BCUT2D eigenvalue weighted by molar-refractivity contribution is 0.536. The van der Waals surface area contributed by atoms with Gasteiger partial charge in [0.05, 0.1) is 39.2 Å². The molecule has 0 spiro atoms. The number of hydrogen-bond donors (Lipinski definition) is 1. The first kappa shape index (κ1) is 21.8. The number of rotatable bonds is 3. The summed E-state index contributed by atoms with van der Waals surface area (Å²) in [5.74, 6) is -0.589. The van der Waals surface area contributed by atoms with Crippen LogP contribution in [-0.4, -0.2) is 35.2 Å². The summed E-state index contributed by atoms with van der Waals surface area (Å²) in [5.41, 5.74) is 2.45. The number of nitrogens with zero attached hydrogens (tertiary/aromatic N) is 6. The summed E-state index contributed by atoms with van der Waals surface area (Å²) in [4.78, 5) is 13.6. The fourth-order valence-electron chi connectivity index (χ4n) is 4.72. The van der Waals surface area contributed by atoms with Gasteiger partial charge >= 0.3 is 5.69 Å². The van der Waals surface area contributed by atoms with Gasteiger partial charge in [-0.3, -0.25) is 13.8 Å². The minimum absolute atomic E-state index is 0.0511. The largest absolute Gasteiger partial charge is 0.338 e. The fourth-order valence-corrected chi connectivity index (χ4v) is 4.90. The molecule has 11 heteroatoms. The quantitative estimate of drug-likeness (QED) is 0.413. The first-order chi connectivity index (χ1) is 16.8. The molecule has 6 rings (SSSR count). The first-order valence-corrected chi connectivity index (χ1v) is 11.4. The number of hydrogen-bond acceptors (Lipinski definition) is 4. The highest BCUT2D eigenvalue weighted by molar-refractivity contribution is 6.30. The topological polar surface area (TPSA) is 74.6 Å². The maximum absolute atomic E-state index is 15.4. The molecular weight excluding hydrogens is 476 g/mol. The summed E-state index contributed by atoms with van der Waals surface area (Å²) >= 11 is 6.05. The molecule has 1 aliphatic heterocycles. The Labute approximate surface area is 203 Å². The Hall–Kier alpha value is -3.76. The van der Waals surface area contributed by atoms with E-state index in [0.717, 1.165) is 17.8 Å². The summed E-state index contributed by atoms with van der Waals surface area (Å²) in [7, 11) is 1.73. The summed E-state index contributed by atoms with van der Waals surface area (Å²) in [6, 6.07) is 7.48. The molecule has 0 radical (unpaired) electrons. The zero-order valence-corrected chi connectivity index (χ0v) is 19.6. The van der Waals surface area contributed by atoms with Gasteiger partial charge in [0.1, 0.15) is 11.6 Å². The van der Waals surface area contributed by atoms with E-state index >= 15 is 4.39 Å². The van der Waals surface area contributed by atoms with Crippen molar-refractivity contribution in [1.82, 2.24) is 34.0 Å². The van der Waals surface area contributed by atoms with Crippen LogP contribution in [0.15, 0.2) is 53.7 Å². The van der Waals surface area contributed by atoms with Crippen LogP contribution >= 0.6 is 11.6 Å². The highest BCUT2D eigenvalue weighted by atomic mass is 35.5. The van der Waals surface area contributed by atoms with Gasteiger partial charge in [0.15, 0.2) is 5.82 Å². The highest BCUT2D eigenvalue weighted by Gasteiger charge is 2.29. The molecule has 0 amide bonds. The van der Waals surface area contributed by atoms with Crippen LogP contribution in [0, 0.1) is 11.6 Å². The molecule has 2 aromatic carbocycles. The van der Waals surface area contributed by atoms with E-state index in [0.29, 0.717) is 28.8 Å². The SMILES string of the molecule is C[C@@H]1NCCc2nn(-c3ccc(F)c(Cl)c3)c(-n3ccn(-c4ccc5c(cnn5C)c4F)c3=O)c21. The van der Waals surface area contributed by atoms with E-state index in [1.807, 2.05) is 6.92 Å². The van der Waals surface area contributed by atoms with Crippen LogP contribution in [0.5, 0.6) is 0 Å². The Balaban J connectivity index is 1.58. The Morgan fingerprint density at radius 3 is 2.74 bits per heavy atom. The number of halogens is 3. The minimum Gasteiger partial charge on any atom is -0.310 e. The summed E-state index contributed by atoms with van der Waals surface area (Å²) in [6.45, 7) is 2.73. The van der Waals surface area contributed by atoms with Gasteiger partial charge in [-0.1, -0.05) is 11.6 Å². The van der Waals surface area contributed by atoms with Gasteiger partial charge < -0.3 is 5.32 Å². The molecule has 178 valence electrons. The summed E-state index contributed by atoms with van der Waals surface area (Å²) in [5, 5.41) is 12.5. The third kappa shape index (κ3) is 3.24. The number of fused-ring (bicyclic) bond motifs is 2. The third-order valence-corrected chi connectivity index (χ3v) is 6.77. The van der Waals surface area contributed by atoms with Crippen LogP contribution in [0.4, 0.5) is 8.78 Å². The van der Waals surface area contributed by atoms with E-state index in [1.54, 1.807) is 40.8 Å². The molecule has 0 saturated carbocycles. The highest BCUT2D eigenvalue weighted by Crippen LogP contribution is 2.32. The van der Waals surface area contributed by atoms with Crippen molar-refractivity contribution in [2.45, 2.75) is 19.4 Å². The maximum Gasteiger partial charge on any atom is 0.338 e. The van der Waals surface area contributed by atoms with Crippen LogP contribution in [0.2, 0.25) is 5.02 Å². The van der Waals surface area contributed by atoms with Gasteiger partial charge in [-0.25, -0.2) is 18.3 Å². The smallest absolute Gasteiger partial charge is 0.310 e. The molecule has 1 N–H and O–H groups in total. The van der Waals surface area contributed by atoms with Gasteiger partial charge in [-0.05, 0) is 37.3 Å². The average Bonchev–Trinajstić information content (AvgIpc) is 3.52. The van der Waals surface area contributed by atoms with E-state index in [1.165, 1.54) is 33.7 Å². The van der Waals surface area contributed by atoms with E-state index < -0.39 is 17.3 Å². The van der Waals surface area contributed by atoms with Gasteiger partial charge in [-0.2, -0.15) is 10.2 Å². The first-order valence-electron chi connectivity index (χ1n) is 11.1. The molecule has 0 unspecified atom stereocenters. The molecule has 0 bridgehead atoms. The van der Waals surface area contributed by atoms with E-state index in [2.05, 4.69) is 10.4 Å². The second-order valence-corrected chi connectivity index (χ2v) is 8.95. The average molecular weight is 496 g/mol. The Kier molecular flexibility index (Phi) is 4.90. The normalized spacial score (nSPS) is 15.6. The number of imidazole rings is 1. The van der Waals surface area contributed by atoms with Crippen molar-refractivity contribution in [1.29, 1.82) is 0 Å². The second kappa shape index (κ2) is 7.89. The fraction of sp³-hybridized carbons (Fsp3) is 0.208. The van der Waals surface area contributed by atoms with Crippen LogP contribution in [0.25, 0.3) is 28.1 Å². The van der Waals surface area contributed by atoms with E-state index in [9.17, 15) is 9.18 Å². The predicted octanol–water partition coefficient (Wildman–Crippen LogP) is 3.84. The Bertz CT molecular complexity index is 1680. The van der Waals surface area contributed by atoms with Gasteiger partial charge in [0.25, 0.3) is 0 Å². The van der Waals surface area contributed by atoms with Crippen molar-refractivity contribution in [3.05, 3.63) is 87.3 Å². The number of benzene rings is 2. The van der Waals surface area contributed by atoms with Crippen LogP contribution < -0.4 is 11.0 Å². The van der Waals surface area contributed by atoms with Crippen molar-refractivity contribution < 1.29 is 8.78 Å². The Morgan fingerprint density at radius 2 is 1.94 bits per heavy atom. The lowest BCUT2D eigenvalue weighted by Gasteiger charge is -2.21. The number of aromatic nitrogens is 6. The van der Waals surface area contributed by atoms with E-state index in [-0.39, 0.29) is 16.8 Å². The molecule has 1 aliphatic rings. The molecule has 8 nitrogen and oxygen atoms in total. The number of aryl methyl sites for hydroxylation is 1. The van der Waals surface area contributed by atoms with Crippen molar-refractivity contribution in [3.63, 3.8) is 0 Å². The standard InChI is InChI=1S/C24H20ClF2N7O/c1-13-21-18(7-8-28-13)30-34(14-3-4-17(26)16(25)11-14)23(21)33-10-9-32(24(33)35)20-6-5-19-15(22(20)27)12-29-31(19)2/h3-6,9-13,28H,7-8H2,1-2H3/t13-/m0/s1. The Morgan fingerprint density at radius 1 is 1.14 bits per heavy atom. The van der Waals surface area contributed by atoms with E-state index in [4.69, 9.17) is 16.7 Å². The maximum atomic E-state index is 15.4. The molecule has 3 aromatic heterocycles. The summed E-state index contributed by atoms with van der Waals surface area (Å²) in [6.07, 6.45) is 5.20. The minimum atomic E-state index is -0.548. The zero-order valence-electron chi connectivity index (χ0n) is 18.8. The second-order valence-electron chi connectivity index (χ2n) is 8.54. The van der Waals surface area contributed by atoms with Crippen LogP contribution in [-0.2, 0) is 13.5 Å². The lowest BCUT2D eigenvalue weighted by Crippen LogP contribution is -2.30. The van der Waals surface area contributed by atoms with Crippen molar-refractivity contribution in [2.75, 3.05) is 6.54 Å². The molecule has 35 heavy (non-hydrogen) atoms. The zero-order chi connectivity index (χ0) is 24.4. The molecular formula is C24H20ClF2N7O. The molecule has 0 fully saturated rings. The summed E-state index contributed by atoms with van der Waals surface area (Å²) < 4.78 is 35.1. The van der Waals surface area contributed by atoms with Gasteiger partial charge in [0.2, 0.25) is 0 Å². The molecule has 4 heterocycles. The molecule has 1 atom stereocenters. The van der Waals surface area contributed by atoms with Gasteiger partial charge in [-0.15, -0.1) is 0 Å². The monoisotopic (exact) mass is 495 g/mol. The molecule has 0 saturated heterocycles. The van der Waals surface area contributed by atoms with Crippen molar-refractivity contribution in [3.8, 4) is 17.2 Å². The van der Waals surface area contributed by atoms with Crippen LogP contribution in [0.3, 0.4) is 0 Å². The van der Waals surface area contributed by atoms with Crippen molar-refractivity contribution in [2.24, 2.45) is 7.05 Å². The lowest BCUT2D eigenvalue weighted by atomic mass is 10.0. The number of nitrogens with one attached hydrogen (secondary N) is 1. The van der Waals surface area contributed by atoms with Crippen molar-refractivity contribution >= 4 is 22.5 Å².